The van der Waals surface area contributed by atoms with Gasteiger partial charge in [0.25, 0.3) is 0 Å². The lowest BCUT2D eigenvalue weighted by Gasteiger charge is -2.22. The standard InChI is InChI=1S/C23H27N5O2/c1-23(2,3)20(29)16-11-25-22-19(16)27-17(12-26-22)15-7-4-6-14(10-15)13-28-9-5-8-18(28)21(24)30/h4,6-7,10-12,18H,5,8-9,13H2,1-3H3,(H2,24,30)(H,25,26)/t18-/m1/s1. The summed E-state index contributed by atoms with van der Waals surface area (Å²) in [5.41, 5.74) is 9.51. The molecule has 0 aliphatic carbocycles. The maximum absolute atomic E-state index is 12.8. The fourth-order valence-corrected chi connectivity index (χ4v) is 4.01. The molecule has 1 atom stereocenters. The quantitative estimate of drug-likeness (QED) is 0.634. The van der Waals surface area contributed by atoms with Crippen LogP contribution >= 0.6 is 0 Å². The highest BCUT2D eigenvalue weighted by Crippen LogP contribution is 2.28. The molecular weight excluding hydrogens is 378 g/mol. The van der Waals surface area contributed by atoms with Crippen molar-refractivity contribution in [3.05, 3.63) is 47.8 Å². The molecule has 1 aromatic carbocycles. The Morgan fingerprint density at radius 2 is 2.10 bits per heavy atom. The Labute approximate surface area is 175 Å². The monoisotopic (exact) mass is 405 g/mol. The third-order valence-corrected chi connectivity index (χ3v) is 5.61. The Morgan fingerprint density at radius 3 is 2.83 bits per heavy atom. The molecule has 1 amide bonds. The Balaban J connectivity index is 1.65. The van der Waals surface area contributed by atoms with Gasteiger partial charge < -0.3 is 10.7 Å². The number of primary amides is 1. The van der Waals surface area contributed by atoms with Crippen molar-refractivity contribution >= 4 is 22.9 Å². The minimum absolute atomic E-state index is 0.0282. The average molecular weight is 406 g/mol. The summed E-state index contributed by atoms with van der Waals surface area (Å²) in [6, 6.07) is 7.85. The molecule has 7 heteroatoms. The van der Waals surface area contributed by atoms with Crippen molar-refractivity contribution in [2.45, 2.75) is 46.2 Å². The van der Waals surface area contributed by atoms with E-state index in [4.69, 9.17) is 10.7 Å². The molecule has 156 valence electrons. The number of H-pyrrole nitrogens is 1. The smallest absolute Gasteiger partial charge is 0.234 e. The molecule has 3 aromatic rings. The van der Waals surface area contributed by atoms with Crippen LogP contribution in [0.25, 0.3) is 22.4 Å². The summed E-state index contributed by atoms with van der Waals surface area (Å²) >= 11 is 0. The van der Waals surface area contributed by atoms with E-state index in [1.54, 1.807) is 12.4 Å². The molecule has 0 radical (unpaired) electrons. The minimum Gasteiger partial charge on any atom is -0.368 e. The van der Waals surface area contributed by atoms with Gasteiger partial charge in [0.05, 0.1) is 23.5 Å². The second-order valence-electron chi connectivity index (χ2n) is 8.97. The number of Topliss-reactive ketones (excluding diaryl/α,β-unsaturated/α-hetero) is 1. The van der Waals surface area contributed by atoms with Crippen LogP contribution in [0.2, 0.25) is 0 Å². The van der Waals surface area contributed by atoms with Crippen molar-refractivity contribution in [3.63, 3.8) is 0 Å². The van der Waals surface area contributed by atoms with Crippen molar-refractivity contribution in [1.82, 2.24) is 19.9 Å². The molecule has 3 heterocycles. The van der Waals surface area contributed by atoms with E-state index in [0.717, 1.165) is 30.5 Å². The summed E-state index contributed by atoms with van der Waals surface area (Å²) in [7, 11) is 0. The zero-order chi connectivity index (χ0) is 21.5. The van der Waals surface area contributed by atoms with E-state index in [-0.39, 0.29) is 17.7 Å². The number of carbonyl (C=O) groups excluding carboxylic acids is 2. The number of ketones is 1. The van der Waals surface area contributed by atoms with E-state index in [9.17, 15) is 9.59 Å². The molecule has 30 heavy (non-hydrogen) atoms. The van der Waals surface area contributed by atoms with Crippen LogP contribution in [0.4, 0.5) is 0 Å². The van der Waals surface area contributed by atoms with Crippen LogP contribution in [0.5, 0.6) is 0 Å². The van der Waals surface area contributed by atoms with E-state index in [2.05, 4.69) is 20.9 Å². The predicted octanol–water partition coefficient (Wildman–Crippen LogP) is 3.30. The maximum Gasteiger partial charge on any atom is 0.234 e. The second-order valence-corrected chi connectivity index (χ2v) is 8.97. The van der Waals surface area contributed by atoms with Crippen LogP contribution in [0, 0.1) is 5.41 Å². The van der Waals surface area contributed by atoms with E-state index < -0.39 is 5.41 Å². The summed E-state index contributed by atoms with van der Waals surface area (Å²) in [6.45, 7) is 7.21. The van der Waals surface area contributed by atoms with Crippen LogP contribution in [-0.4, -0.2) is 44.1 Å². The molecule has 1 aliphatic rings. The highest BCUT2D eigenvalue weighted by molar-refractivity contribution is 6.08. The van der Waals surface area contributed by atoms with Gasteiger partial charge in [-0.3, -0.25) is 14.5 Å². The first-order chi connectivity index (χ1) is 14.2. The first-order valence-corrected chi connectivity index (χ1v) is 10.3. The Hall–Kier alpha value is -3.06. The highest BCUT2D eigenvalue weighted by atomic mass is 16.1. The summed E-state index contributed by atoms with van der Waals surface area (Å²) in [5, 5.41) is 0. The van der Waals surface area contributed by atoms with E-state index in [1.807, 2.05) is 39.0 Å². The third kappa shape index (κ3) is 3.85. The minimum atomic E-state index is -0.501. The molecule has 1 fully saturated rings. The summed E-state index contributed by atoms with van der Waals surface area (Å²) in [4.78, 5) is 38.9. The number of carbonyl (C=O) groups is 2. The number of likely N-dealkylation sites (tertiary alicyclic amines) is 1. The SMILES string of the molecule is CC(C)(C)C(=O)c1c[nH]c2ncc(-c3cccc(CN4CCC[C@@H]4C(N)=O)c3)nc12. The van der Waals surface area contributed by atoms with Gasteiger partial charge in [-0.25, -0.2) is 9.97 Å². The number of aromatic amines is 1. The van der Waals surface area contributed by atoms with Crippen LogP contribution in [-0.2, 0) is 11.3 Å². The van der Waals surface area contributed by atoms with Crippen LogP contribution in [0.15, 0.2) is 36.7 Å². The van der Waals surface area contributed by atoms with Crippen molar-refractivity contribution in [2.75, 3.05) is 6.54 Å². The molecule has 7 nitrogen and oxygen atoms in total. The summed E-state index contributed by atoms with van der Waals surface area (Å²) in [5.74, 6) is -0.232. The fourth-order valence-electron chi connectivity index (χ4n) is 4.01. The molecule has 0 spiro atoms. The maximum atomic E-state index is 12.8. The van der Waals surface area contributed by atoms with Gasteiger partial charge in [0.1, 0.15) is 5.52 Å². The van der Waals surface area contributed by atoms with E-state index in [1.165, 1.54) is 0 Å². The van der Waals surface area contributed by atoms with Gasteiger partial charge in [-0.1, -0.05) is 39.0 Å². The van der Waals surface area contributed by atoms with Gasteiger partial charge >= 0.3 is 0 Å². The van der Waals surface area contributed by atoms with Gasteiger partial charge in [-0.15, -0.1) is 0 Å². The third-order valence-electron chi connectivity index (χ3n) is 5.61. The zero-order valence-electron chi connectivity index (χ0n) is 17.6. The Bertz CT molecular complexity index is 1110. The highest BCUT2D eigenvalue weighted by Gasteiger charge is 2.29. The number of fused-ring (bicyclic) bond motifs is 1. The van der Waals surface area contributed by atoms with E-state index >= 15 is 0 Å². The Morgan fingerprint density at radius 1 is 1.30 bits per heavy atom. The number of benzene rings is 1. The molecule has 1 aliphatic heterocycles. The largest absolute Gasteiger partial charge is 0.368 e. The van der Waals surface area contributed by atoms with Gasteiger partial charge in [0.15, 0.2) is 11.4 Å². The van der Waals surface area contributed by atoms with Crippen molar-refractivity contribution in [2.24, 2.45) is 11.1 Å². The molecule has 0 bridgehead atoms. The topological polar surface area (TPSA) is 105 Å². The van der Waals surface area contributed by atoms with Gasteiger partial charge in [-0.2, -0.15) is 0 Å². The molecule has 3 N–H and O–H groups in total. The molecular formula is C23H27N5O2. The van der Waals surface area contributed by atoms with Gasteiger partial charge in [-0.05, 0) is 31.0 Å². The number of nitrogens with one attached hydrogen (secondary N) is 1. The molecule has 0 saturated carbocycles. The van der Waals surface area contributed by atoms with Crippen molar-refractivity contribution < 1.29 is 9.59 Å². The van der Waals surface area contributed by atoms with Crippen LogP contribution in [0.3, 0.4) is 0 Å². The molecule has 2 aromatic heterocycles. The van der Waals surface area contributed by atoms with Crippen molar-refractivity contribution in [1.29, 1.82) is 0 Å². The fraction of sp³-hybridized carbons (Fsp3) is 0.391. The number of hydrogen-bond donors (Lipinski definition) is 2. The zero-order valence-corrected chi connectivity index (χ0v) is 17.6. The second kappa shape index (κ2) is 7.65. The average Bonchev–Trinajstić information content (AvgIpc) is 3.33. The number of nitrogens with two attached hydrogens (primary N) is 1. The lowest BCUT2D eigenvalue weighted by atomic mass is 9.87. The number of hydrogen-bond acceptors (Lipinski definition) is 5. The van der Waals surface area contributed by atoms with Crippen LogP contribution in [0.1, 0.15) is 49.5 Å². The molecule has 1 saturated heterocycles. The predicted molar refractivity (Wildman–Crippen MR) is 116 cm³/mol. The van der Waals surface area contributed by atoms with Crippen LogP contribution < -0.4 is 5.73 Å². The Kier molecular flexibility index (Phi) is 5.15. The number of nitrogens with zero attached hydrogens (tertiary/aromatic N) is 3. The summed E-state index contributed by atoms with van der Waals surface area (Å²) < 4.78 is 0. The normalized spacial score (nSPS) is 17.5. The first-order valence-electron chi connectivity index (χ1n) is 10.3. The molecule has 4 rings (SSSR count). The van der Waals surface area contributed by atoms with Gasteiger partial charge in [0, 0.05) is 23.7 Å². The number of rotatable bonds is 5. The molecule has 0 unspecified atom stereocenters. The van der Waals surface area contributed by atoms with E-state index in [0.29, 0.717) is 29.0 Å². The first kappa shape index (κ1) is 20.2. The lowest BCUT2D eigenvalue weighted by Crippen LogP contribution is -2.39. The summed E-state index contributed by atoms with van der Waals surface area (Å²) in [6.07, 6.45) is 5.20. The number of amides is 1. The van der Waals surface area contributed by atoms with Crippen molar-refractivity contribution in [3.8, 4) is 11.3 Å². The van der Waals surface area contributed by atoms with Gasteiger partial charge in [0.2, 0.25) is 5.91 Å². The number of aromatic nitrogens is 3. The lowest BCUT2D eigenvalue weighted by molar-refractivity contribution is -0.122.